The predicted molar refractivity (Wildman–Crippen MR) is 83.8 cm³/mol. The third-order valence-electron chi connectivity index (χ3n) is 3.38. The highest BCUT2D eigenvalue weighted by molar-refractivity contribution is 5.85. The lowest BCUT2D eigenvalue weighted by Crippen LogP contribution is -2.36. The molecule has 0 unspecified atom stereocenters. The lowest BCUT2D eigenvalue weighted by molar-refractivity contribution is 0.133. The molecule has 20 heavy (non-hydrogen) atoms. The summed E-state index contributed by atoms with van der Waals surface area (Å²) >= 11 is 0. The second kappa shape index (κ2) is 7.72. The molecule has 3 N–H and O–H groups in total. The number of hydrogen-bond donors (Lipinski definition) is 2. The van der Waals surface area contributed by atoms with Crippen LogP contribution in [0.3, 0.4) is 0 Å². The first-order chi connectivity index (χ1) is 8.79. The second-order valence-electron chi connectivity index (χ2n) is 5.84. The molecule has 0 saturated carbocycles. The van der Waals surface area contributed by atoms with E-state index in [-0.39, 0.29) is 23.9 Å². The van der Waals surface area contributed by atoms with Crippen molar-refractivity contribution in [1.82, 2.24) is 0 Å². The monoisotopic (exact) mass is 303 g/mol. The van der Waals surface area contributed by atoms with E-state index in [1.54, 1.807) is 26.4 Å². The van der Waals surface area contributed by atoms with Crippen molar-refractivity contribution in [2.45, 2.75) is 39.3 Å². The van der Waals surface area contributed by atoms with Gasteiger partial charge in [-0.3, -0.25) is 0 Å². The summed E-state index contributed by atoms with van der Waals surface area (Å²) in [6, 6.07) is 5.34. The molecule has 0 aliphatic rings. The minimum atomic E-state index is -0.603. The average Bonchev–Trinajstić information content (AvgIpc) is 2.36. The first kappa shape index (κ1) is 19.0. The molecule has 2 atom stereocenters. The van der Waals surface area contributed by atoms with Gasteiger partial charge in [-0.15, -0.1) is 12.4 Å². The van der Waals surface area contributed by atoms with Crippen molar-refractivity contribution in [2.75, 3.05) is 14.2 Å². The molecule has 0 aliphatic heterocycles. The summed E-state index contributed by atoms with van der Waals surface area (Å²) in [6.07, 6.45) is -0.0899. The molecular formula is C15H26ClNO3. The second-order valence-corrected chi connectivity index (χ2v) is 5.84. The van der Waals surface area contributed by atoms with Gasteiger partial charge in [-0.1, -0.05) is 26.8 Å². The van der Waals surface area contributed by atoms with Crippen LogP contribution in [0.15, 0.2) is 18.2 Å². The molecule has 1 aromatic rings. The Labute approximate surface area is 127 Å². The number of benzene rings is 1. The van der Waals surface area contributed by atoms with Crippen molar-refractivity contribution < 1.29 is 14.6 Å². The van der Waals surface area contributed by atoms with Gasteiger partial charge in [0.1, 0.15) is 0 Å². The van der Waals surface area contributed by atoms with Crippen LogP contribution in [0.25, 0.3) is 0 Å². The minimum Gasteiger partial charge on any atom is -0.493 e. The molecule has 0 aliphatic carbocycles. The van der Waals surface area contributed by atoms with Gasteiger partial charge in [-0.05, 0) is 29.5 Å². The van der Waals surface area contributed by atoms with Crippen molar-refractivity contribution in [2.24, 2.45) is 11.1 Å². The van der Waals surface area contributed by atoms with Crippen LogP contribution < -0.4 is 15.2 Å². The fraction of sp³-hybridized carbons (Fsp3) is 0.600. The lowest BCUT2D eigenvalue weighted by Gasteiger charge is -2.29. The Hall–Kier alpha value is -0.970. The van der Waals surface area contributed by atoms with E-state index in [0.717, 1.165) is 5.56 Å². The Morgan fingerprint density at radius 1 is 1.15 bits per heavy atom. The summed E-state index contributed by atoms with van der Waals surface area (Å²) in [7, 11) is 3.17. The zero-order valence-corrected chi connectivity index (χ0v) is 13.7. The Bertz CT molecular complexity index is 418. The van der Waals surface area contributed by atoms with Gasteiger partial charge in [0.15, 0.2) is 11.5 Å². The number of aliphatic hydroxyl groups is 1. The Balaban J connectivity index is 0.00000361. The summed E-state index contributed by atoms with van der Waals surface area (Å²) in [5, 5.41) is 10.3. The number of rotatable bonds is 5. The van der Waals surface area contributed by atoms with Crippen LogP contribution in [0, 0.1) is 5.41 Å². The number of aliphatic hydroxyl groups excluding tert-OH is 1. The molecule has 0 bridgehead atoms. The zero-order valence-electron chi connectivity index (χ0n) is 12.8. The minimum absolute atomic E-state index is 0. The maximum atomic E-state index is 10.3. The lowest BCUT2D eigenvalue weighted by atomic mass is 9.83. The van der Waals surface area contributed by atoms with Crippen LogP contribution in [0.4, 0.5) is 0 Å². The quantitative estimate of drug-likeness (QED) is 0.878. The summed E-state index contributed by atoms with van der Waals surface area (Å²) in [4.78, 5) is 0. The van der Waals surface area contributed by atoms with Crippen LogP contribution in [-0.2, 0) is 0 Å². The zero-order chi connectivity index (χ0) is 14.6. The summed E-state index contributed by atoms with van der Waals surface area (Å²) < 4.78 is 10.4. The van der Waals surface area contributed by atoms with Gasteiger partial charge in [-0.2, -0.15) is 0 Å². The number of nitrogens with two attached hydrogens (primary N) is 1. The number of hydrogen-bond acceptors (Lipinski definition) is 4. The normalized spacial score (nSPS) is 14.2. The topological polar surface area (TPSA) is 64.7 Å². The van der Waals surface area contributed by atoms with Gasteiger partial charge >= 0.3 is 0 Å². The van der Waals surface area contributed by atoms with Gasteiger partial charge < -0.3 is 20.3 Å². The predicted octanol–water partition coefficient (Wildman–Crippen LogP) is 2.92. The molecule has 0 amide bonds. The van der Waals surface area contributed by atoms with E-state index >= 15 is 0 Å². The Morgan fingerprint density at radius 3 is 2.15 bits per heavy atom. The van der Waals surface area contributed by atoms with E-state index in [1.807, 2.05) is 6.07 Å². The fourth-order valence-electron chi connectivity index (χ4n) is 1.79. The standard InChI is InChI=1S/C15H25NO3.ClH/c1-15(2,3)14(16)9-11(17)10-6-7-12(18-4)13(8-10)19-5;/h6-8,11,14,17H,9,16H2,1-5H3;1H/t11-,14-;/m1./s1. The smallest absolute Gasteiger partial charge is 0.161 e. The maximum Gasteiger partial charge on any atom is 0.161 e. The molecular weight excluding hydrogens is 278 g/mol. The number of ether oxygens (including phenoxy) is 2. The SMILES string of the molecule is COc1ccc([C@H](O)C[C@@H](N)C(C)(C)C)cc1OC.Cl. The summed E-state index contributed by atoms with van der Waals surface area (Å²) in [6.45, 7) is 6.21. The van der Waals surface area contributed by atoms with Crippen molar-refractivity contribution >= 4 is 12.4 Å². The largest absolute Gasteiger partial charge is 0.493 e. The van der Waals surface area contributed by atoms with Crippen LogP contribution in [-0.4, -0.2) is 25.4 Å². The van der Waals surface area contributed by atoms with Crippen molar-refractivity contribution in [3.63, 3.8) is 0 Å². The number of halogens is 1. The van der Waals surface area contributed by atoms with E-state index in [9.17, 15) is 5.11 Å². The van der Waals surface area contributed by atoms with Crippen LogP contribution >= 0.6 is 12.4 Å². The summed E-state index contributed by atoms with van der Waals surface area (Å²) in [5.74, 6) is 1.27. The molecule has 0 fully saturated rings. The van der Waals surface area contributed by atoms with Gasteiger partial charge in [0.25, 0.3) is 0 Å². The third-order valence-corrected chi connectivity index (χ3v) is 3.38. The molecule has 0 spiro atoms. The maximum absolute atomic E-state index is 10.3. The Morgan fingerprint density at radius 2 is 1.70 bits per heavy atom. The molecule has 1 aromatic carbocycles. The molecule has 0 heterocycles. The van der Waals surface area contributed by atoms with Gasteiger partial charge in [0.2, 0.25) is 0 Å². The Kier molecular flexibility index (Phi) is 7.34. The molecule has 5 heteroatoms. The average molecular weight is 304 g/mol. The van der Waals surface area contributed by atoms with E-state index in [0.29, 0.717) is 17.9 Å². The van der Waals surface area contributed by atoms with Gasteiger partial charge in [0.05, 0.1) is 20.3 Å². The first-order valence-electron chi connectivity index (χ1n) is 6.45. The van der Waals surface area contributed by atoms with E-state index in [2.05, 4.69) is 20.8 Å². The molecule has 4 nitrogen and oxygen atoms in total. The van der Waals surface area contributed by atoms with Crippen molar-refractivity contribution in [1.29, 1.82) is 0 Å². The first-order valence-corrected chi connectivity index (χ1v) is 6.45. The van der Waals surface area contributed by atoms with E-state index < -0.39 is 6.10 Å². The molecule has 1 rings (SSSR count). The van der Waals surface area contributed by atoms with Crippen molar-refractivity contribution in [3.05, 3.63) is 23.8 Å². The molecule has 116 valence electrons. The highest BCUT2D eigenvalue weighted by atomic mass is 35.5. The molecule has 0 aromatic heterocycles. The van der Waals surface area contributed by atoms with Gasteiger partial charge in [-0.25, -0.2) is 0 Å². The number of methoxy groups -OCH3 is 2. The van der Waals surface area contributed by atoms with Crippen LogP contribution in [0.1, 0.15) is 38.9 Å². The van der Waals surface area contributed by atoms with Gasteiger partial charge in [0, 0.05) is 6.04 Å². The third kappa shape index (κ3) is 4.85. The molecule has 0 saturated heterocycles. The van der Waals surface area contributed by atoms with E-state index in [4.69, 9.17) is 15.2 Å². The highest BCUT2D eigenvalue weighted by Gasteiger charge is 2.24. The van der Waals surface area contributed by atoms with Crippen LogP contribution in [0.5, 0.6) is 11.5 Å². The van der Waals surface area contributed by atoms with E-state index in [1.165, 1.54) is 0 Å². The molecule has 0 radical (unpaired) electrons. The highest BCUT2D eigenvalue weighted by Crippen LogP contribution is 2.32. The fourth-order valence-corrected chi connectivity index (χ4v) is 1.79. The van der Waals surface area contributed by atoms with Crippen LogP contribution in [0.2, 0.25) is 0 Å². The summed E-state index contributed by atoms with van der Waals surface area (Å²) in [5.41, 5.74) is 6.86. The van der Waals surface area contributed by atoms with Crippen molar-refractivity contribution in [3.8, 4) is 11.5 Å².